The van der Waals surface area contributed by atoms with Gasteiger partial charge < -0.3 is 4.90 Å². The third-order valence-corrected chi connectivity index (χ3v) is 1.88. The Morgan fingerprint density at radius 2 is 2.07 bits per heavy atom. The van der Waals surface area contributed by atoms with Gasteiger partial charge in [0, 0.05) is 25.9 Å². The van der Waals surface area contributed by atoms with E-state index in [1.807, 2.05) is 56.4 Å². The first-order valence-electron chi connectivity index (χ1n) is 4.54. The highest BCUT2D eigenvalue weighted by Crippen LogP contribution is 2.13. The van der Waals surface area contributed by atoms with E-state index in [4.69, 9.17) is 0 Å². The molecule has 0 aliphatic carbocycles. The Morgan fingerprint density at radius 3 is 2.57 bits per heavy atom. The predicted molar refractivity (Wildman–Crippen MR) is 58.9 cm³/mol. The van der Waals surface area contributed by atoms with E-state index in [0.29, 0.717) is 5.57 Å². The van der Waals surface area contributed by atoms with Gasteiger partial charge in [0.1, 0.15) is 0 Å². The number of aldehydes is 1. The van der Waals surface area contributed by atoms with Gasteiger partial charge in [-0.2, -0.15) is 0 Å². The molecule has 2 heteroatoms. The highest BCUT2D eigenvalue weighted by molar-refractivity contribution is 6.06. The zero-order chi connectivity index (χ0) is 10.6. The summed E-state index contributed by atoms with van der Waals surface area (Å²) in [5.74, 6) is 0. The molecule has 0 amide bonds. The van der Waals surface area contributed by atoms with Crippen LogP contribution in [0.15, 0.2) is 30.5 Å². The average Bonchev–Trinajstić information content (AvgIpc) is 2.14. The van der Waals surface area contributed by atoms with Gasteiger partial charge in [-0.05, 0) is 12.5 Å². The van der Waals surface area contributed by atoms with Crippen LogP contribution in [0.2, 0.25) is 0 Å². The molecule has 0 unspecified atom stereocenters. The van der Waals surface area contributed by atoms with Gasteiger partial charge in [0.15, 0.2) is 6.29 Å². The summed E-state index contributed by atoms with van der Waals surface area (Å²) in [6.45, 7) is 2.02. The minimum absolute atomic E-state index is 0.707. The van der Waals surface area contributed by atoms with Crippen molar-refractivity contribution in [3.63, 3.8) is 0 Å². The summed E-state index contributed by atoms with van der Waals surface area (Å²) >= 11 is 0. The van der Waals surface area contributed by atoms with Gasteiger partial charge in [-0.1, -0.05) is 29.8 Å². The van der Waals surface area contributed by atoms with E-state index in [1.165, 1.54) is 0 Å². The van der Waals surface area contributed by atoms with E-state index >= 15 is 0 Å². The molecule has 0 saturated heterocycles. The Morgan fingerprint density at radius 1 is 1.36 bits per heavy atom. The fraction of sp³-hybridized carbons (Fsp3) is 0.250. The Labute approximate surface area is 84.9 Å². The molecule has 1 rings (SSSR count). The lowest BCUT2D eigenvalue weighted by molar-refractivity contribution is -0.103. The summed E-state index contributed by atoms with van der Waals surface area (Å²) in [6.07, 6.45) is 2.70. The van der Waals surface area contributed by atoms with Gasteiger partial charge in [-0.3, -0.25) is 4.79 Å². The molecular weight excluding hydrogens is 174 g/mol. The third kappa shape index (κ3) is 2.73. The quantitative estimate of drug-likeness (QED) is 0.536. The van der Waals surface area contributed by atoms with Crippen LogP contribution in [-0.2, 0) is 4.79 Å². The maximum Gasteiger partial charge on any atom is 0.152 e. The minimum Gasteiger partial charge on any atom is -0.383 e. The number of nitrogens with zero attached hydrogens (tertiary/aromatic N) is 1. The molecule has 74 valence electrons. The van der Waals surface area contributed by atoms with E-state index in [0.717, 1.165) is 17.4 Å². The van der Waals surface area contributed by atoms with Crippen LogP contribution >= 0.6 is 0 Å². The highest BCUT2D eigenvalue weighted by atomic mass is 16.1. The van der Waals surface area contributed by atoms with Gasteiger partial charge >= 0.3 is 0 Å². The summed E-state index contributed by atoms with van der Waals surface area (Å²) in [5, 5.41) is 0. The van der Waals surface area contributed by atoms with E-state index in [9.17, 15) is 4.79 Å². The van der Waals surface area contributed by atoms with E-state index in [2.05, 4.69) is 0 Å². The number of hydrogen-bond donors (Lipinski definition) is 0. The molecule has 0 spiro atoms. The molecule has 14 heavy (non-hydrogen) atoms. The Hall–Kier alpha value is -1.57. The minimum atomic E-state index is 0.707. The van der Waals surface area contributed by atoms with Crippen molar-refractivity contribution in [3.05, 3.63) is 41.6 Å². The molecule has 0 aliphatic rings. The second kappa shape index (κ2) is 4.61. The van der Waals surface area contributed by atoms with Crippen molar-refractivity contribution in [2.75, 3.05) is 14.1 Å². The number of allylic oxidation sites excluding steroid dienone is 1. The third-order valence-electron chi connectivity index (χ3n) is 1.88. The molecule has 0 fully saturated rings. The van der Waals surface area contributed by atoms with Crippen molar-refractivity contribution in [3.8, 4) is 0 Å². The van der Waals surface area contributed by atoms with Crippen LogP contribution in [0, 0.1) is 6.92 Å². The summed E-state index contributed by atoms with van der Waals surface area (Å²) < 4.78 is 0. The van der Waals surface area contributed by atoms with Crippen molar-refractivity contribution in [2.24, 2.45) is 0 Å². The van der Waals surface area contributed by atoms with Gasteiger partial charge in [-0.25, -0.2) is 0 Å². The SMILES string of the molecule is Cc1cccc(C(C=O)=CN(C)C)c1. The second-order valence-electron chi connectivity index (χ2n) is 3.54. The van der Waals surface area contributed by atoms with Crippen LogP contribution in [0.25, 0.3) is 5.57 Å². The monoisotopic (exact) mass is 189 g/mol. The van der Waals surface area contributed by atoms with Crippen molar-refractivity contribution in [1.82, 2.24) is 4.90 Å². The van der Waals surface area contributed by atoms with Crippen molar-refractivity contribution in [1.29, 1.82) is 0 Å². The van der Waals surface area contributed by atoms with E-state index < -0.39 is 0 Å². The number of aryl methyl sites for hydroxylation is 1. The Bertz CT molecular complexity index is 353. The molecule has 1 aromatic rings. The van der Waals surface area contributed by atoms with E-state index in [-0.39, 0.29) is 0 Å². The lowest BCUT2D eigenvalue weighted by atomic mass is 10.1. The van der Waals surface area contributed by atoms with Crippen molar-refractivity contribution in [2.45, 2.75) is 6.92 Å². The first-order valence-corrected chi connectivity index (χ1v) is 4.54. The fourth-order valence-corrected chi connectivity index (χ4v) is 1.28. The largest absolute Gasteiger partial charge is 0.383 e. The molecule has 0 N–H and O–H groups in total. The number of hydrogen-bond acceptors (Lipinski definition) is 2. The molecule has 0 radical (unpaired) electrons. The molecular formula is C12H15NO. The lowest BCUT2D eigenvalue weighted by Crippen LogP contribution is -2.03. The number of benzene rings is 1. The first-order chi connectivity index (χ1) is 6.63. The maximum absolute atomic E-state index is 10.9. The Balaban J connectivity index is 3.07. The fourth-order valence-electron chi connectivity index (χ4n) is 1.28. The zero-order valence-corrected chi connectivity index (χ0v) is 8.82. The summed E-state index contributed by atoms with van der Waals surface area (Å²) in [5.41, 5.74) is 2.83. The number of carbonyl (C=O) groups is 1. The molecule has 0 heterocycles. The predicted octanol–water partition coefficient (Wildman–Crippen LogP) is 2.10. The summed E-state index contributed by atoms with van der Waals surface area (Å²) in [7, 11) is 3.80. The normalized spacial score (nSPS) is 11.2. The molecule has 1 aromatic carbocycles. The zero-order valence-electron chi connectivity index (χ0n) is 8.82. The van der Waals surface area contributed by atoms with E-state index in [1.54, 1.807) is 0 Å². The van der Waals surface area contributed by atoms with Crippen LogP contribution in [0.1, 0.15) is 11.1 Å². The van der Waals surface area contributed by atoms with Crippen LogP contribution in [0.3, 0.4) is 0 Å². The number of rotatable bonds is 3. The molecule has 0 atom stereocenters. The van der Waals surface area contributed by atoms with Gasteiger partial charge in [0.2, 0.25) is 0 Å². The Kier molecular flexibility index (Phi) is 3.46. The lowest BCUT2D eigenvalue weighted by Gasteiger charge is -2.07. The molecule has 2 nitrogen and oxygen atoms in total. The molecule has 0 bridgehead atoms. The van der Waals surface area contributed by atoms with Crippen molar-refractivity contribution < 1.29 is 4.79 Å². The van der Waals surface area contributed by atoms with Crippen LogP contribution < -0.4 is 0 Å². The van der Waals surface area contributed by atoms with Crippen LogP contribution in [0.4, 0.5) is 0 Å². The molecule has 0 aliphatic heterocycles. The number of carbonyl (C=O) groups excluding carboxylic acids is 1. The van der Waals surface area contributed by atoms with Crippen LogP contribution in [0.5, 0.6) is 0 Å². The average molecular weight is 189 g/mol. The summed E-state index contributed by atoms with van der Waals surface area (Å²) in [4.78, 5) is 12.7. The second-order valence-corrected chi connectivity index (χ2v) is 3.54. The summed E-state index contributed by atoms with van der Waals surface area (Å²) in [6, 6.07) is 7.92. The molecule has 0 aromatic heterocycles. The van der Waals surface area contributed by atoms with Gasteiger partial charge in [-0.15, -0.1) is 0 Å². The topological polar surface area (TPSA) is 20.3 Å². The highest BCUT2D eigenvalue weighted by Gasteiger charge is 2.00. The van der Waals surface area contributed by atoms with Crippen molar-refractivity contribution >= 4 is 11.9 Å². The molecule has 0 saturated carbocycles. The first kappa shape index (κ1) is 10.5. The maximum atomic E-state index is 10.9. The van der Waals surface area contributed by atoms with Gasteiger partial charge in [0.25, 0.3) is 0 Å². The smallest absolute Gasteiger partial charge is 0.152 e. The van der Waals surface area contributed by atoms with Gasteiger partial charge in [0.05, 0.1) is 0 Å². The van der Waals surface area contributed by atoms with Crippen LogP contribution in [-0.4, -0.2) is 25.3 Å². The standard InChI is InChI=1S/C12H15NO/c1-10-5-4-6-11(7-10)12(9-14)8-13(2)3/h4-9H,1-3H3.